The highest BCUT2D eigenvalue weighted by Crippen LogP contribution is 2.29. The molecular weight excluding hydrogens is 426 g/mol. The van der Waals surface area contributed by atoms with Gasteiger partial charge in [-0.2, -0.15) is 0 Å². The maximum Gasteiger partial charge on any atom is 0.277 e. The molecule has 1 N–H and O–H groups in total. The van der Waals surface area contributed by atoms with Gasteiger partial charge >= 0.3 is 0 Å². The van der Waals surface area contributed by atoms with Crippen LogP contribution in [-0.4, -0.2) is 21.9 Å². The smallest absolute Gasteiger partial charge is 0.277 e. The number of thioether (sulfide) groups is 1. The highest BCUT2D eigenvalue weighted by Gasteiger charge is 2.16. The van der Waals surface area contributed by atoms with Crippen molar-refractivity contribution in [3.05, 3.63) is 64.6 Å². The highest BCUT2D eigenvalue weighted by atomic mass is 79.9. The third kappa shape index (κ3) is 5.43. The minimum Gasteiger partial charge on any atom is -0.411 e. The predicted octanol–water partition coefficient (Wildman–Crippen LogP) is 5.25. The average molecular weight is 446 g/mol. The lowest BCUT2D eigenvalue weighted by Crippen LogP contribution is -2.29. The summed E-state index contributed by atoms with van der Waals surface area (Å²) < 4.78 is 6.55. The van der Waals surface area contributed by atoms with Gasteiger partial charge in [0.15, 0.2) is 0 Å². The minimum absolute atomic E-state index is 0.0165. The zero-order chi connectivity index (χ0) is 19.1. The Labute approximate surface area is 171 Å². The van der Waals surface area contributed by atoms with Crippen LogP contribution in [0, 0.1) is 0 Å². The quantitative estimate of drug-likeness (QED) is 0.479. The molecule has 0 bridgehead atoms. The molecule has 0 saturated carbocycles. The van der Waals surface area contributed by atoms with Crippen LogP contribution in [0.2, 0.25) is 0 Å². The largest absolute Gasteiger partial charge is 0.411 e. The lowest BCUT2D eigenvalue weighted by Gasteiger charge is -2.18. The van der Waals surface area contributed by atoms with E-state index < -0.39 is 0 Å². The second-order valence-corrected chi connectivity index (χ2v) is 7.74. The molecule has 0 unspecified atom stereocenters. The molecular formula is C20H20BrN3O2S. The van der Waals surface area contributed by atoms with Crippen LogP contribution in [0.25, 0.3) is 11.5 Å². The molecule has 5 nitrogen and oxygen atoms in total. The van der Waals surface area contributed by atoms with Crippen molar-refractivity contribution in [2.75, 3.05) is 5.75 Å². The van der Waals surface area contributed by atoms with Gasteiger partial charge in [-0.05, 0) is 40.0 Å². The van der Waals surface area contributed by atoms with Gasteiger partial charge in [0.2, 0.25) is 11.8 Å². The fourth-order valence-corrected chi connectivity index (χ4v) is 3.70. The van der Waals surface area contributed by atoms with Crippen molar-refractivity contribution in [3.8, 4) is 11.5 Å². The third-order valence-electron chi connectivity index (χ3n) is 3.95. The Morgan fingerprint density at radius 3 is 2.63 bits per heavy atom. The summed E-state index contributed by atoms with van der Waals surface area (Å²) in [5, 5.41) is 11.6. The highest BCUT2D eigenvalue weighted by molar-refractivity contribution is 9.10. The Hall–Kier alpha value is -2.12. The monoisotopic (exact) mass is 445 g/mol. The van der Waals surface area contributed by atoms with Gasteiger partial charge < -0.3 is 9.73 Å². The SMILES string of the molecule is CCC[C@H](NC(=O)CSc1nnc(-c2ccccc2Br)o1)c1ccccc1. The molecule has 7 heteroatoms. The molecule has 0 aliphatic heterocycles. The first kappa shape index (κ1) is 19.6. The first-order valence-electron chi connectivity index (χ1n) is 8.73. The van der Waals surface area contributed by atoms with Gasteiger partial charge in [-0.15, -0.1) is 10.2 Å². The normalized spacial score (nSPS) is 11.9. The van der Waals surface area contributed by atoms with Crippen LogP contribution >= 0.6 is 27.7 Å². The van der Waals surface area contributed by atoms with Crippen molar-refractivity contribution in [2.45, 2.75) is 31.0 Å². The van der Waals surface area contributed by atoms with Gasteiger partial charge in [0.05, 0.1) is 17.4 Å². The van der Waals surface area contributed by atoms with E-state index in [-0.39, 0.29) is 17.7 Å². The average Bonchev–Trinajstić information content (AvgIpc) is 3.16. The molecule has 1 aromatic heterocycles. The van der Waals surface area contributed by atoms with E-state index in [4.69, 9.17) is 4.42 Å². The van der Waals surface area contributed by atoms with Gasteiger partial charge in [0, 0.05) is 4.47 Å². The van der Waals surface area contributed by atoms with Gasteiger partial charge in [0.25, 0.3) is 5.22 Å². The minimum atomic E-state index is -0.0528. The summed E-state index contributed by atoms with van der Waals surface area (Å²) in [6.45, 7) is 2.11. The molecule has 0 fully saturated rings. The standard InChI is InChI=1S/C20H20BrN3O2S/c1-2-8-17(14-9-4-3-5-10-14)22-18(25)13-27-20-24-23-19(26-20)15-11-6-7-12-16(15)21/h3-7,9-12,17H,2,8,13H2,1H3,(H,22,25)/t17-/m0/s1. The lowest BCUT2D eigenvalue weighted by atomic mass is 10.0. The molecule has 140 valence electrons. The maximum atomic E-state index is 12.4. The summed E-state index contributed by atoms with van der Waals surface area (Å²) in [6.07, 6.45) is 1.89. The molecule has 27 heavy (non-hydrogen) atoms. The van der Waals surface area contributed by atoms with E-state index in [9.17, 15) is 4.79 Å². The second kappa shape index (κ2) is 9.71. The summed E-state index contributed by atoms with van der Waals surface area (Å²) in [4.78, 5) is 12.4. The van der Waals surface area contributed by atoms with Crippen molar-refractivity contribution < 1.29 is 9.21 Å². The number of hydrogen-bond donors (Lipinski definition) is 1. The summed E-state index contributed by atoms with van der Waals surface area (Å²) in [7, 11) is 0. The Kier molecular flexibility index (Phi) is 7.06. The molecule has 0 saturated heterocycles. The Bertz CT molecular complexity index is 886. The van der Waals surface area contributed by atoms with E-state index in [1.54, 1.807) is 0 Å². The molecule has 0 aliphatic carbocycles. The van der Waals surface area contributed by atoms with Crippen LogP contribution in [0.3, 0.4) is 0 Å². The Balaban J connectivity index is 1.58. The molecule has 0 radical (unpaired) electrons. The molecule has 1 atom stereocenters. The van der Waals surface area contributed by atoms with Crippen molar-refractivity contribution >= 4 is 33.6 Å². The van der Waals surface area contributed by atoms with Crippen molar-refractivity contribution in [1.82, 2.24) is 15.5 Å². The number of carbonyl (C=O) groups is 1. The second-order valence-electron chi connectivity index (χ2n) is 5.96. The molecule has 1 amide bonds. The number of amides is 1. The van der Waals surface area contributed by atoms with E-state index in [0.717, 1.165) is 28.4 Å². The third-order valence-corrected chi connectivity index (χ3v) is 5.46. The number of nitrogens with zero attached hydrogens (tertiary/aromatic N) is 2. The summed E-state index contributed by atoms with van der Waals surface area (Å²) in [6, 6.07) is 17.7. The van der Waals surface area contributed by atoms with Crippen molar-refractivity contribution in [3.63, 3.8) is 0 Å². The fourth-order valence-electron chi connectivity index (χ4n) is 2.67. The molecule has 1 heterocycles. The number of carbonyl (C=O) groups excluding carboxylic acids is 1. The molecule has 3 aromatic rings. The van der Waals surface area contributed by atoms with Gasteiger partial charge in [0.1, 0.15) is 0 Å². The Morgan fingerprint density at radius 1 is 1.15 bits per heavy atom. The van der Waals surface area contributed by atoms with E-state index in [1.165, 1.54) is 11.8 Å². The number of rotatable bonds is 8. The summed E-state index contributed by atoms with van der Waals surface area (Å²) >= 11 is 4.71. The van der Waals surface area contributed by atoms with Crippen LogP contribution in [-0.2, 0) is 4.79 Å². The van der Waals surface area contributed by atoms with Gasteiger partial charge in [-0.1, -0.05) is 67.6 Å². The number of nitrogens with one attached hydrogen (secondary N) is 1. The lowest BCUT2D eigenvalue weighted by molar-refractivity contribution is -0.119. The van der Waals surface area contributed by atoms with Crippen molar-refractivity contribution in [1.29, 1.82) is 0 Å². The van der Waals surface area contributed by atoms with Crippen LogP contribution in [0.15, 0.2) is 68.7 Å². The number of halogens is 1. The topological polar surface area (TPSA) is 68.0 Å². The number of aromatic nitrogens is 2. The predicted molar refractivity (Wildman–Crippen MR) is 110 cm³/mol. The maximum absolute atomic E-state index is 12.4. The van der Waals surface area contributed by atoms with Crippen molar-refractivity contribution in [2.24, 2.45) is 0 Å². The van der Waals surface area contributed by atoms with Crippen LogP contribution in [0.5, 0.6) is 0 Å². The molecule has 2 aromatic carbocycles. The number of hydrogen-bond acceptors (Lipinski definition) is 5. The van der Waals surface area contributed by atoms with Gasteiger partial charge in [-0.3, -0.25) is 4.79 Å². The van der Waals surface area contributed by atoms with Gasteiger partial charge in [-0.25, -0.2) is 0 Å². The zero-order valence-electron chi connectivity index (χ0n) is 14.9. The first-order chi connectivity index (χ1) is 13.2. The first-order valence-corrected chi connectivity index (χ1v) is 10.5. The van der Waals surface area contributed by atoms with Crippen LogP contribution < -0.4 is 5.32 Å². The summed E-state index contributed by atoms with van der Waals surface area (Å²) in [5.74, 6) is 0.603. The van der Waals surface area contributed by atoms with E-state index in [1.807, 2.05) is 54.6 Å². The molecule has 3 rings (SSSR count). The number of benzene rings is 2. The van der Waals surface area contributed by atoms with Crippen LogP contribution in [0.4, 0.5) is 0 Å². The summed E-state index contributed by atoms with van der Waals surface area (Å²) in [5.41, 5.74) is 1.94. The Morgan fingerprint density at radius 2 is 1.89 bits per heavy atom. The molecule has 0 aliphatic rings. The van der Waals surface area contributed by atoms with E-state index >= 15 is 0 Å². The zero-order valence-corrected chi connectivity index (χ0v) is 17.3. The fraction of sp³-hybridized carbons (Fsp3) is 0.250. The van der Waals surface area contributed by atoms with Crippen LogP contribution in [0.1, 0.15) is 31.4 Å². The molecule has 0 spiro atoms. The van der Waals surface area contributed by atoms with E-state index in [2.05, 4.69) is 38.4 Å². The van der Waals surface area contributed by atoms with E-state index in [0.29, 0.717) is 11.1 Å².